The van der Waals surface area contributed by atoms with Gasteiger partial charge >= 0.3 is 0 Å². The van der Waals surface area contributed by atoms with Crippen molar-refractivity contribution in [2.24, 2.45) is 0 Å². The standard InChI is InChI=1S/C12H16Cl2N2O/c1-12(2)8-17-4-3-16(12)11-5-9(6-13)10(14)7-15-11/h5,7H,3-4,6,8H2,1-2H3. The van der Waals surface area contributed by atoms with Crippen molar-refractivity contribution in [2.45, 2.75) is 25.3 Å². The van der Waals surface area contributed by atoms with E-state index in [0.717, 1.165) is 24.5 Å². The van der Waals surface area contributed by atoms with Gasteiger partial charge in [-0.3, -0.25) is 0 Å². The van der Waals surface area contributed by atoms with Crippen LogP contribution >= 0.6 is 23.2 Å². The third-order valence-corrected chi connectivity index (χ3v) is 3.61. The summed E-state index contributed by atoms with van der Waals surface area (Å²) in [5, 5.41) is 0.620. The maximum absolute atomic E-state index is 6.02. The molecule has 0 amide bonds. The Labute approximate surface area is 112 Å². The Morgan fingerprint density at radius 3 is 2.94 bits per heavy atom. The molecule has 0 bridgehead atoms. The van der Waals surface area contributed by atoms with E-state index in [9.17, 15) is 0 Å². The lowest BCUT2D eigenvalue weighted by Crippen LogP contribution is -2.53. The highest BCUT2D eigenvalue weighted by molar-refractivity contribution is 6.32. The molecule has 0 saturated carbocycles. The molecule has 0 aliphatic carbocycles. The normalized spacial score (nSPS) is 19.4. The maximum Gasteiger partial charge on any atom is 0.129 e. The third-order valence-electron chi connectivity index (χ3n) is 2.99. The van der Waals surface area contributed by atoms with Crippen LogP contribution in [-0.4, -0.2) is 30.3 Å². The molecule has 0 atom stereocenters. The molecule has 1 fully saturated rings. The zero-order valence-corrected chi connectivity index (χ0v) is 11.6. The van der Waals surface area contributed by atoms with Gasteiger partial charge in [-0.25, -0.2) is 4.98 Å². The fourth-order valence-corrected chi connectivity index (χ4v) is 2.46. The largest absolute Gasteiger partial charge is 0.377 e. The van der Waals surface area contributed by atoms with Crippen LogP contribution in [0.2, 0.25) is 5.02 Å². The van der Waals surface area contributed by atoms with E-state index in [1.165, 1.54) is 0 Å². The molecule has 0 unspecified atom stereocenters. The van der Waals surface area contributed by atoms with Crippen molar-refractivity contribution in [1.82, 2.24) is 4.98 Å². The second-order valence-corrected chi connectivity index (χ2v) is 5.46. The van der Waals surface area contributed by atoms with Gasteiger partial charge in [-0.2, -0.15) is 0 Å². The second-order valence-electron chi connectivity index (χ2n) is 4.78. The molecule has 1 aromatic heterocycles. The van der Waals surface area contributed by atoms with Crippen molar-refractivity contribution in [2.75, 3.05) is 24.7 Å². The Balaban J connectivity index is 2.32. The summed E-state index contributed by atoms with van der Waals surface area (Å²) in [7, 11) is 0. The summed E-state index contributed by atoms with van der Waals surface area (Å²) in [6.07, 6.45) is 1.67. The number of pyridine rings is 1. The van der Waals surface area contributed by atoms with Gasteiger partial charge in [0.25, 0.3) is 0 Å². The van der Waals surface area contributed by atoms with Crippen LogP contribution in [0.1, 0.15) is 19.4 Å². The molecular formula is C12H16Cl2N2O. The lowest BCUT2D eigenvalue weighted by molar-refractivity contribution is 0.0639. The number of morpholine rings is 1. The molecule has 3 nitrogen and oxygen atoms in total. The Morgan fingerprint density at radius 2 is 2.29 bits per heavy atom. The Morgan fingerprint density at radius 1 is 1.53 bits per heavy atom. The fourth-order valence-electron chi connectivity index (χ4n) is 2.00. The van der Waals surface area contributed by atoms with Crippen molar-refractivity contribution in [3.05, 3.63) is 22.8 Å². The van der Waals surface area contributed by atoms with Gasteiger partial charge in [-0.1, -0.05) is 11.6 Å². The van der Waals surface area contributed by atoms with Crippen molar-refractivity contribution >= 4 is 29.0 Å². The van der Waals surface area contributed by atoms with E-state index in [1.807, 2.05) is 6.07 Å². The summed E-state index contributed by atoms with van der Waals surface area (Å²) in [4.78, 5) is 6.62. The van der Waals surface area contributed by atoms with Crippen LogP contribution in [0.4, 0.5) is 5.82 Å². The number of alkyl halides is 1. The van der Waals surface area contributed by atoms with Gasteiger partial charge in [0.15, 0.2) is 0 Å². The molecule has 0 N–H and O–H groups in total. The number of rotatable bonds is 2. The zero-order chi connectivity index (χ0) is 12.5. The van der Waals surface area contributed by atoms with Gasteiger partial charge in [0, 0.05) is 18.6 Å². The molecule has 5 heteroatoms. The number of ether oxygens (including phenoxy) is 1. The second kappa shape index (κ2) is 5.01. The third kappa shape index (κ3) is 2.67. The minimum Gasteiger partial charge on any atom is -0.377 e. The summed E-state index contributed by atoms with van der Waals surface area (Å²) < 4.78 is 5.50. The van der Waals surface area contributed by atoms with Crippen LogP contribution in [0.25, 0.3) is 0 Å². The van der Waals surface area contributed by atoms with E-state index >= 15 is 0 Å². The quantitative estimate of drug-likeness (QED) is 0.775. The molecule has 94 valence electrons. The van der Waals surface area contributed by atoms with Crippen molar-refractivity contribution in [3.8, 4) is 0 Å². The average Bonchev–Trinajstić information content (AvgIpc) is 2.30. The molecule has 17 heavy (non-hydrogen) atoms. The van der Waals surface area contributed by atoms with E-state index in [-0.39, 0.29) is 5.54 Å². The lowest BCUT2D eigenvalue weighted by atomic mass is 10.0. The monoisotopic (exact) mass is 274 g/mol. The number of anilines is 1. The van der Waals surface area contributed by atoms with Gasteiger partial charge < -0.3 is 9.64 Å². The lowest BCUT2D eigenvalue weighted by Gasteiger charge is -2.43. The Kier molecular flexibility index (Phi) is 3.81. The topological polar surface area (TPSA) is 25.4 Å². The molecule has 0 radical (unpaired) electrons. The van der Waals surface area contributed by atoms with E-state index in [4.69, 9.17) is 27.9 Å². The number of nitrogens with zero attached hydrogens (tertiary/aromatic N) is 2. The minimum atomic E-state index is -0.0529. The molecule has 2 heterocycles. The highest BCUT2D eigenvalue weighted by Crippen LogP contribution is 2.28. The van der Waals surface area contributed by atoms with Crippen LogP contribution in [0.3, 0.4) is 0 Å². The van der Waals surface area contributed by atoms with Crippen LogP contribution in [-0.2, 0) is 10.6 Å². The fraction of sp³-hybridized carbons (Fsp3) is 0.583. The summed E-state index contributed by atoms with van der Waals surface area (Å²) in [6, 6.07) is 1.96. The Hall–Kier alpha value is -0.510. The first-order valence-corrected chi connectivity index (χ1v) is 6.51. The SMILES string of the molecule is CC1(C)COCCN1c1cc(CCl)c(Cl)cn1. The maximum atomic E-state index is 6.02. The van der Waals surface area contributed by atoms with Crippen molar-refractivity contribution < 1.29 is 4.74 Å². The number of hydrogen-bond acceptors (Lipinski definition) is 3. The summed E-state index contributed by atoms with van der Waals surface area (Å²) >= 11 is 11.9. The summed E-state index contributed by atoms with van der Waals surface area (Å²) in [6.45, 7) is 6.55. The first-order chi connectivity index (χ1) is 8.04. The molecular weight excluding hydrogens is 259 g/mol. The van der Waals surface area contributed by atoms with Crippen molar-refractivity contribution in [1.29, 1.82) is 0 Å². The highest BCUT2D eigenvalue weighted by atomic mass is 35.5. The molecule has 2 rings (SSSR count). The molecule has 0 aromatic carbocycles. The van der Waals surface area contributed by atoms with Crippen molar-refractivity contribution in [3.63, 3.8) is 0 Å². The first kappa shape index (κ1) is 12.9. The number of hydrogen-bond donors (Lipinski definition) is 0. The summed E-state index contributed by atoms with van der Waals surface area (Å²) in [5.41, 5.74) is 0.864. The van der Waals surface area contributed by atoms with Gasteiger partial charge in [-0.05, 0) is 25.5 Å². The molecule has 0 spiro atoms. The molecule has 1 aliphatic heterocycles. The zero-order valence-electron chi connectivity index (χ0n) is 10.0. The van der Waals surface area contributed by atoms with Crippen LogP contribution < -0.4 is 4.90 Å². The van der Waals surface area contributed by atoms with Crippen LogP contribution in [0.15, 0.2) is 12.3 Å². The van der Waals surface area contributed by atoms with E-state index in [1.54, 1.807) is 6.20 Å². The first-order valence-electron chi connectivity index (χ1n) is 5.60. The van der Waals surface area contributed by atoms with Gasteiger partial charge in [0.2, 0.25) is 0 Å². The van der Waals surface area contributed by atoms with E-state index in [2.05, 4.69) is 23.7 Å². The average molecular weight is 275 g/mol. The van der Waals surface area contributed by atoms with Crippen LogP contribution in [0.5, 0.6) is 0 Å². The van der Waals surface area contributed by atoms with E-state index < -0.39 is 0 Å². The van der Waals surface area contributed by atoms with Gasteiger partial charge in [0.05, 0.1) is 23.8 Å². The smallest absolute Gasteiger partial charge is 0.129 e. The molecule has 1 aromatic rings. The number of halogens is 2. The number of aromatic nitrogens is 1. The molecule has 1 saturated heterocycles. The highest BCUT2D eigenvalue weighted by Gasteiger charge is 2.31. The predicted molar refractivity (Wildman–Crippen MR) is 71.0 cm³/mol. The van der Waals surface area contributed by atoms with E-state index in [0.29, 0.717) is 17.5 Å². The molecule has 1 aliphatic rings. The van der Waals surface area contributed by atoms with Crippen LogP contribution in [0, 0.1) is 0 Å². The van der Waals surface area contributed by atoms with Gasteiger partial charge in [-0.15, -0.1) is 11.6 Å². The van der Waals surface area contributed by atoms with Gasteiger partial charge in [0.1, 0.15) is 5.82 Å². The Bertz CT molecular complexity index is 409. The predicted octanol–water partition coefficient (Wildman–Crippen LogP) is 3.09. The minimum absolute atomic E-state index is 0.0529. The summed E-state index contributed by atoms with van der Waals surface area (Å²) in [5.74, 6) is 1.32.